The summed E-state index contributed by atoms with van der Waals surface area (Å²) in [6.07, 6.45) is -2.30. The molecule has 7 nitrogen and oxygen atoms in total. The highest BCUT2D eigenvalue weighted by atomic mass is 19.4. The van der Waals surface area contributed by atoms with Crippen LogP contribution < -0.4 is 11.2 Å². The van der Waals surface area contributed by atoms with E-state index in [9.17, 15) is 32.8 Å². The zero-order valence-corrected chi connectivity index (χ0v) is 20.5. The van der Waals surface area contributed by atoms with Crippen LogP contribution in [0.4, 0.5) is 13.2 Å². The minimum atomic E-state index is -4.73. The van der Waals surface area contributed by atoms with Gasteiger partial charge in [0, 0.05) is 6.54 Å². The predicted octanol–water partition coefficient (Wildman–Crippen LogP) is 4.39. The number of nitriles is 1. The molecule has 194 valence electrons. The van der Waals surface area contributed by atoms with Crippen LogP contribution in [-0.2, 0) is 28.8 Å². The van der Waals surface area contributed by atoms with Crippen molar-refractivity contribution in [1.29, 1.82) is 5.26 Å². The van der Waals surface area contributed by atoms with Crippen LogP contribution in [0.5, 0.6) is 0 Å². The number of ether oxygens (including phenoxy) is 1. The Morgan fingerprint density at radius 1 is 1.08 bits per heavy atom. The summed E-state index contributed by atoms with van der Waals surface area (Å²) in [6, 6.07) is 10.0. The fourth-order valence-electron chi connectivity index (χ4n) is 5.22. The zero-order chi connectivity index (χ0) is 26.9. The van der Waals surface area contributed by atoms with Gasteiger partial charge in [0.25, 0.3) is 5.56 Å². The Kier molecular flexibility index (Phi) is 7.25. The smallest absolute Gasteiger partial charge is 0.417 e. The summed E-state index contributed by atoms with van der Waals surface area (Å²) in [6.45, 7) is 1.56. The molecule has 0 aliphatic heterocycles. The van der Waals surface area contributed by atoms with E-state index in [1.54, 1.807) is 31.2 Å². The fraction of sp³-hybridized carbons (Fsp3) is 0.407. The van der Waals surface area contributed by atoms with Gasteiger partial charge in [-0.1, -0.05) is 24.3 Å². The maximum absolute atomic E-state index is 13.6. The summed E-state index contributed by atoms with van der Waals surface area (Å²) >= 11 is 0. The first-order valence-electron chi connectivity index (χ1n) is 12.0. The quantitative estimate of drug-likeness (QED) is 0.472. The van der Waals surface area contributed by atoms with Crippen molar-refractivity contribution in [2.45, 2.75) is 51.9 Å². The molecule has 0 amide bonds. The lowest BCUT2D eigenvalue weighted by molar-refractivity contribution is -0.146. The van der Waals surface area contributed by atoms with Crippen LogP contribution in [0.2, 0.25) is 0 Å². The summed E-state index contributed by atoms with van der Waals surface area (Å²) < 4.78 is 47.8. The lowest BCUT2D eigenvalue weighted by Gasteiger charge is -2.27. The summed E-state index contributed by atoms with van der Waals surface area (Å²) in [4.78, 5) is 38.9. The fourth-order valence-corrected chi connectivity index (χ4v) is 5.22. The van der Waals surface area contributed by atoms with Crippen molar-refractivity contribution in [1.82, 2.24) is 9.13 Å². The van der Waals surface area contributed by atoms with Crippen LogP contribution in [0.3, 0.4) is 0 Å². The molecule has 1 fully saturated rings. The number of benzene rings is 2. The van der Waals surface area contributed by atoms with Gasteiger partial charge in [-0.05, 0) is 61.8 Å². The Bertz CT molecular complexity index is 1510. The molecule has 3 aromatic rings. The largest absolute Gasteiger partial charge is 0.469 e. The number of fused-ring (bicyclic) bond motifs is 1. The van der Waals surface area contributed by atoms with Crippen LogP contribution in [0.1, 0.15) is 47.9 Å². The molecule has 0 atom stereocenters. The number of aromatic nitrogens is 2. The van der Waals surface area contributed by atoms with Crippen LogP contribution in [0.15, 0.2) is 46.0 Å². The van der Waals surface area contributed by atoms with Crippen LogP contribution in [-0.4, -0.2) is 22.2 Å². The Morgan fingerprint density at radius 2 is 1.76 bits per heavy atom. The molecule has 0 radical (unpaired) electrons. The molecule has 0 bridgehead atoms. The SMILES string of the molecule is COC(=O)[C@H]1CC[C@H](Cn2c(=O)c3c(C)cccc3n(Cc3cccc(C(F)(F)F)c3C#N)c2=O)CC1. The van der Waals surface area contributed by atoms with Crippen LogP contribution in [0.25, 0.3) is 10.9 Å². The van der Waals surface area contributed by atoms with Gasteiger partial charge in [0.15, 0.2) is 0 Å². The van der Waals surface area contributed by atoms with Crippen LogP contribution in [0, 0.1) is 30.1 Å². The van der Waals surface area contributed by atoms with E-state index >= 15 is 0 Å². The molecular formula is C27H26F3N3O4. The second kappa shape index (κ2) is 10.2. The maximum atomic E-state index is 13.6. The maximum Gasteiger partial charge on any atom is 0.417 e. The number of methoxy groups -OCH3 is 1. The van der Waals surface area contributed by atoms with E-state index in [-0.39, 0.29) is 36.5 Å². The number of halogens is 3. The van der Waals surface area contributed by atoms with Gasteiger partial charge in [-0.25, -0.2) is 4.79 Å². The minimum Gasteiger partial charge on any atom is -0.469 e. The molecule has 1 aliphatic carbocycles. The number of carbonyl (C=O) groups is 1. The average molecular weight is 514 g/mol. The van der Waals surface area contributed by atoms with Gasteiger partial charge >= 0.3 is 17.8 Å². The number of hydrogen-bond donors (Lipinski definition) is 0. The molecule has 0 unspecified atom stereocenters. The van der Waals surface area contributed by atoms with Crippen molar-refractivity contribution >= 4 is 16.9 Å². The predicted molar refractivity (Wildman–Crippen MR) is 130 cm³/mol. The summed E-state index contributed by atoms with van der Waals surface area (Å²) in [5.41, 5.74) is -1.79. The lowest BCUT2D eigenvalue weighted by Crippen LogP contribution is -2.42. The molecule has 1 aromatic heterocycles. The molecule has 0 spiro atoms. The van der Waals surface area contributed by atoms with E-state index < -0.39 is 28.6 Å². The van der Waals surface area contributed by atoms with Gasteiger partial charge in [0.2, 0.25) is 0 Å². The van der Waals surface area contributed by atoms with Gasteiger partial charge in [-0.3, -0.25) is 18.7 Å². The molecule has 1 heterocycles. The highest BCUT2D eigenvalue weighted by Gasteiger charge is 2.34. The third-order valence-corrected chi connectivity index (χ3v) is 7.18. The Hall–Kier alpha value is -3.87. The van der Waals surface area contributed by atoms with Crippen molar-refractivity contribution in [2.24, 2.45) is 11.8 Å². The van der Waals surface area contributed by atoms with Gasteiger partial charge in [0.05, 0.1) is 41.6 Å². The third kappa shape index (κ3) is 5.03. The third-order valence-electron chi connectivity index (χ3n) is 7.18. The van der Waals surface area contributed by atoms with E-state index in [4.69, 9.17) is 4.74 Å². The Morgan fingerprint density at radius 3 is 2.38 bits per heavy atom. The van der Waals surface area contributed by atoms with Crippen molar-refractivity contribution in [2.75, 3.05) is 7.11 Å². The first-order chi connectivity index (χ1) is 17.6. The van der Waals surface area contributed by atoms with Crippen molar-refractivity contribution in [3.63, 3.8) is 0 Å². The van der Waals surface area contributed by atoms with Crippen molar-refractivity contribution in [3.8, 4) is 6.07 Å². The number of hydrogen-bond acceptors (Lipinski definition) is 5. The van der Waals surface area contributed by atoms with E-state index in [1.807, 2.05) is 0 Å². The van der Waals surface area contributed by atoms with E-state index in [1.165, 1.54) is 23.8 Å². The number of esters is 1. The monoisotopic (exact) mass is 513 g/mol. The lowest BCUT2D eigenvalue weighted by atomic mass is 9.82. The molecule has 37 heavy (non-hydrogen) atoms. The summed E-state index contributed by atoms with van der Waals surface area (Å²) in [7, 11) is 1.34. The van der Waals surface area contributed by atoms with Gasteiger partial charge in [0.1, 0.15) is 6.07 Å². The Labute approximate surface area is 210 Å². The molecule has 1 saturated carbocycles. The molecule has 2 aromatic carbocycles. The molecule has 4 rings (SSSR count). The van der Waals surface area contributed by atoms with Gasteiger partial charge < -0.3 is 4.74 Å². The van der Waals surface area contributed by atoms with Crippen molar-refractivity contribution < 1.29 is 22.7 Å². The highest BCUT2D eigenvalue weighted by Crippen LogP contribution is 2.33. The molecular weight excluding hydrogens is 487 g/mol. The van der Waals surface area contributed by atoms with Crippen LogP contribution >= 0.6 is 0 Å². The normalized spacial score (nSPS) is 17.9. The Balaban J connectivity index is 1.80. The second-order valence-corrected chi connectivity index (χ2v) is 9.44. The number of nitrogens with zero attached hydrogens (tertiary/aromatic N) is 3. The summed E-state index contributed by atoms with van der Waals surface area (Å²) in [5.74, 6) is -0.503. The average Bonchev–Trinajstić information content (AvgIpc) is 2.88. The summed E-state index contributed by atoms with van der Waals surface area (Å²) in [5, 5.41) is 9.84. The number of aryl methyl sites for hydroxylation is 1. The second-order valence-electron chi connectivity index (χ2n) is 9.44. The topological polar surface area (TPSA) is 94.1 Å². The van der Waals surface area contributed by atoms with E-state index in [0.29, 0.717) is 42.1 Å². The van der Waals surface area contributed by atoms with Gasteiger partial charge in [-0.2, -0.15) is 18.4 Å². The van der Waals surface area contributed by atoms with E-state index in [0.717, 1.165) is 10.6 Å². The molecule has 1 aliphatic rings. The number of alkyl halides is 3. The minimum absolute atomic E-state index is 0.0237. The first kappa shape index (κ1) is 26.2. The molecule has 10 heteroatoms. The zero-order valence-electron chi connectivity index (χ0n) is 20.5. The molecule has 0 saturated heterocycles. The standard InChI is InChI=1S/C27H26F3N3O4/c1-16-5-3-8-22-23(16)24(34)33(14-17-9-11-18(12-10-17)25(35)37-2)26(36)32(22)15-19-6-4-7-21(20(19)13-31)27(28,29)30/h3-8,17-18H,9-12,14-15H2,1-2H3/t17-,18-. The molecule has 0 N–H and O–H groups in total. The first-order valence-corrected chi connectivity index (χ1v) is 12.0. The number of rotatable bonds is 5. The highest BCUT2D eigenvalue weighted by molar-refractivity contribution is 5.81. The van der Waals surface area contributed by atoms with Gasteiger partial charge in [-0.15, -0.1) is 0 Å². The van der Waals surface area contributed by atoms with Crippen molar-refractivity contribution in [3.05, 3.63) is 79.5 Å². The van der Waals surface area contributed by atoms with E-state index in [2.05, 4.69) is 0 Å². The number of carbonyl (C=O) groups excluding carboxylic acids is 1.